The minimum absolute atomic E-state index is 0.0408. The van der Waals surface area contributed by atoms with Crippen LogP contribution in [0, 0.1) is 0 Å². The van der Waals surface area contributed by atoms with Crippen LogP contribution in [0.1, 0.15) is 23.7 Å². The Morgan fingerprint density at radius 3 is 2.68 bits per heavy atom. The van der Waals surface area contributed by atoms with Gasteiger partial charge in [0.05, 0.1) is 25.9 Å². The lowest BCUT2D eigenvalue weighted by atomic mass is 10.1. The standard InChI is InChI=1S/C18H21N3O7/c1-10(22)11-5-14-15(28-9-27-14)6-12(11)20-16(23)8-21-4-3-19-18(25)13(21)7-17(24)26-2/h5-6,13H,3-4,7-9H2,1-2H3,(H,19,25)(H,20,23)/p+1/t13-/m0/s1. The van der Waals surface area contributed by atoms with Crippen LogP contribution in [0.3, 0.4) is 0 Å². The average Bonchev–Trinajstić information content (AvgIpc) is 3.10. The minimum Gasteiger partial charge on any atom is -0.469 e. The lowest BCUT2D eigenvalue weighted by Crippen LogP contribution is -3.20. The highest BCUT2D eigenvalue weighted by Gasteiger charge is 2.37. The number of benzene rings is 1. The second kappa shape index (κ2) is 8.26. The van der Waals surface area contributed by atoms with E-state index in [1.807, 2.05) is 0 Å². The second-order valence-corrected chi connectivity index (χ2v) is 6.56. The van der Waals surface area contributed by atoms with Crippen LogP contribution in [-0.4, -0.2) is 63.1 Å². The Labute approximate surface area is 161 Å². The third-order valence-corrected chi connectivity index (χ3v) is 4.71. The topological polar surface area (TPSA) is 124 Å². The second-order valence-electron chi connectivity index (χ2n) is 6.56. The molecular weight excluding hydrogens is 370 g/mol. The van der Waals surface area contributed by atoms with Gasteiger partial charge in [-0.1, -0.05) is 0 Å². The summed E-state index contributed by atoms with van der Waals surface area (Å²) in [5.41, 5.74) is 0.613. The Kier molecular flexibility index (Phi) is 5.78. The van der Waals surface area contributed by atoms with E-state index in [-0.39, 0.29) is 37.4 Å². The molecule has 28 heavy (non-hydrogen) atoms. The number of hydrogen-bond acceptors (Lipinski definition) is 7. The Balaban J connectivity index is 1.73. The number of hydrogen-bond donors (Lipinski definition) is 3. The predicted molar refractivity (Wildman–Crippen MR) is 95.3 cm³/mol. The molecule has 2 aliphatic heterocycles. The van der Waals surface area contributed by atoms with Gasteiger partial charge in [0, 0.05) is 11.6 Å². The van der Waals surface area contributed by atoms with Crippen molar-refractivity contribution in [3.63, 3.8) is 0 Å². The van der Waals surface area contributed by atoms with Crippen molar-refractivity contribution in [3.05, 3.63) is 17.7 Å². The van der Waals surface area contributed by atoms with Crippen molar-refractivity contribution in [2.75, 3.05) is 38.9 Å². The fraction of sp³-hybridized carbons (Fsp3) is 0.444. The van der Waals surface area contributed by atoms with Crippen LogP contribution in [-0.2, 0) is 19.1 Å². The van der Waals surface area contributed by atoms with Gasteiger partial charge in [-0.15, -0.1) is 0 Å². The molecular formula is C18H22N3O7+. The highest BCUT2D eigenvalue weighted by Crippen LogP contribution is 2.37. The molecule has 0 saturated carbocycles. The molecule has 3 N–H and O–H groups in total. The molecule has 3 rings (SSSR count). The Hall–Kier alpha value is -3.14. The highest BCUT2D eigenvalue weighted by molar-refractivity contribution is 6.04. The van der Waals surface area contributed by atoms with Crippen molar-refractivity contribution >= 4 is 29.3 Å². The van der Waals surface area contributed by atoms with Crippen molar-refractivity contribution in [1.82, 2.24) is 5.32 Å². The Bertz CT molecular complexity index is 824. The lowest BCUT2D eigenvalue weighted by Gasteiger charge is -2.30. The van der Waals surface area contributed by atoms with Crippen molar-refractivity contribution in [1.29, 1.82) is 0 Å². The van der Waals surface area contributed by atoms with Gasteiger partial charge in [0.15, 0.2) is 29.9 Å². The van der Waals surface area contributed by atoms with E-state index in [9.17, 15) is 19.2 Å². The van der Waals surface area contributed by atoms with Gasteiger partial charge in [-0.05, 0) is 13.0 Å². The first kappa shape index (κ1) is 19.6. The monoisotopic (exact) mass is 392 g/mol. The zero-order valence-corrected chi connectivity index (χ0v) is 15.6. The SMILES string of the molecule is COC(=O)C[C@H]1C(=O)NCC[NH+]1CC(=O)Nc1cc2c(cc1C(C)=O)OCO2. The van der Waals surface area contributed by atoms with E-state index in [2.05, 4.69) is 15.4 Å². The van der Waals surface area contributed by atoms with Gasteiger partial charge in [-0.25, -0.2) is 0 Å². The van der Waals surface area contributed by atoms with Crippen LogP contribution in [0.2, 0.25) is 0 Å². The summed E-state index contributed by atoms with van der Waals surface area (Å²) in [6, 6.07) is 2.36. The maximum absolute atomic E-state index is 12.6. The first-order valence-corrected chi connectivity index (χ1v) is 8.82. The van der Waals surface area contributed by atoms with Crippen LogP contribution in [0.15, 0.2) is 12.1 Å². The molecule has 1 fully saturated rings. The van der Waals surface area contributed by atoms with E-state index in [0.29, 0.717) is 40.7 Å². The smallest absolute Gasteiger partial charge is 0.312 e. The van der Waals surface area contributed by atoms with E-state index in [0.717, 1.165) is 0 Å². The first-order chi connectivity index (χ1) is 13.4. The number of ether oxygens (including phenoxy) is 3. The molecule has 0 radical (unpaired) electrons. The normalized spacial score (nSPS) is 20.3. The first-order valence-electron chi connectivity index (χ1n) is 8.82. The molecule has 1 saturated heterocycles. The highest BCUT2D eigenvalue weighted by atomic mass is 16.7. The Morgan fingerprint density at radius 2 is 2.00 bits per heavy atom. The van der Waals surface area contributed by atoms with Gasteiger partial charge in [0.1, 0.15) is 6.42 Å². The molecule has 0 bridgehead atoms. The predicted octanol–water partition coefficient (Wildman–Crippen LogP) is -1.50. The zero-order valence-electron chi connectivity index (χ0n) is 15.6. The number of methoxy groups -OCH3 is 1. The number of fused-ring (bicyclic) bond motifs is 1. The summed E-state index contributed by atoms with van der Waals surface area (Å²) in [4.78, 5) is 48.9. The molecule has 2 atom stereocenters. The van der Waals surface area contributed by atoms with E-state index >= 15 is 0 Å². The fourth-order valence-corrected chi connectivity index (χ4v) is 3.27. The molecule has 0 spiro atoms. The molecule has 0 aromatic heterocycles. The van der Waals surface area contributed by atoms with Crippen LogP contribution in [0.5, 0.6) is 11.5 Å². The molecule has 1 aromatic rings. The van der Waals surface area contributed by atoms with Crippen molar-refractivity contribution < 1.29 is 38.3 Å². The summed E-state index contributed by atoms with van der Waals surface area (Å²) in [6.07, 6.45) is -0.117. The number of Topliss-reactive ketones (excluding diaryl/α,β-unsaturated/α-hetero) is 1. The van der Waals surface area contributed by atoms with E-state index in [4.69, 9.17) is 9.47 Å². The van der Waals surface area contributed by atoms with E-state index in [1.165, 1.54) is 20.1 Å². The molecule has 10 heteroatoms. The number of ketones is 1. The number of carbonyl (C=O) groups excluding carboxylic acids is 4. The van der Waals surface area contributed by atoms with E-state index < -0.39 is 12.0 Å². The third kappa shape index (κ3) is 4.22. The maximum atomic E-state index is 12.6. The maximum Gasteiger partial charge on any atom is 0.312 e. The van der Waals surface area contributed by atoms with Gasteiger partial charge in [0.2, 0.25) is 6.79 Å². The number of piperazine rings is 1. The van der Waals surface area contributed by atoms with Gasteiger partial charge in [-0.3, -0.25) is 19.2 Å². The molecule has 2 heterocycles. The van der Waals surface area contributed by atoms with Crippen molar-refractivity contribution in [2.45, 2.75) is 19.4 Å². The number of quaternary nitrogens is 1. The fourth-order valence-electron chi connectivity index (χ4n) is 3.27. The van der Waals surface area contributed by atoms with Gasteiger partial charge in [-0.2, -0.15) is 0 Å². The van der Waals surface area contributed by atoms with Crippen LogP contribution in [0.4, 0.5) is 5.69 Å². The summed E-state index contributed by atoms with van der Waals surface area (Å²) in [5, 5.41) is 5.40. The Morgan fingerprint density at radius 1 is 1.29 bits per heavy atom. The molecule has 1 aromatic carbocycles. The molecule has 10 nitrogen and oxygen atoms in total. The number of esters is 1. The molecule has 1 unspecified atom stereocenters. The number of amides is 2. The van der Waals surface area contributed by atoms with Crippen LogP contribution < -0.4 is 25.0 Å². The quantitative estimate of drug-likeness (QED) is 0.398. The number of carbonyl (C=O) groups is 4. The van der Waals surface area contributed by atoms with E-state index in [1.54, 1.807) is 6.07 Å². The molecule has 0 aliphatic carbocycles. The summed E-state index contributed by atoms with van der Waals surface area (Å²) in [7, 11) is 1.25. The average molecular weight is 392 g/mol. The van der Waals surface area contributed by atoms with Crippen molar-refractivity contribution in [3.8, 4) is 11.5 Å². The molecule has 2 aliphatic rings. The lowest BCUT2D eigenvalue weighted by molar-refractivity contribution is -0.909. The summed E-state index contributed by atoms with van der Waals surface area (Å²) in [6.45, 7) is 2.29. The molecule has 150 valence electrons. The summed E-state index contributed by atoms with van der Waals surface area (Å²) >= 11 is 0. The number of anilines is 1. The van der Waals surface area contributed by atoms with Gasteiger partial charge in [0.25, 0.3) is 11.8 Å². The van der Waals surface area contributed by atoms with Crippen molar-refractivity contribution in [2.24, 2.45) is 0 Å². The minimum atomic E-state index is -0.712. The largest absolute Gasteiger partial charge is 0.469 e. The molecule has 2 amide bonds. The number of rotatable bonds is 6. The zero-order chi connectivity index (χ0) is 20.3. The van der Waals surface area contributed by atoms with Crippen LogP contribution in [0.25, 0.3) is 0 Å². The van der Waals surface area contributed by atoms with Gasteiger partial charge >= 0.3 is 5.97 Å². The van der Waals surface area contributed by atoms with Crippen LogP contribution >= 0.6 is 0 Å². The summed E-state index contributed by atoms with van der Waals surface area (Å²) in [5.74, 6) is -0.558. The third-order valence-electron chi connectivity index (χ3n) is 4.71. The number of nitrogens with one attached hydrogen (secondary N) is 3. The van der Waals surface area contributed by atoms with Gasteiger partial charge < -0.3 is 29.7 Å². The summed E-state index contributed by atoms with van der Waals surface area (Å²) < 4.78 is 15.2.